The van der Waals surface area contributed by atoms with Crippen LogP contribution in [0.15, 0.2) is 41.1 Å². The topological polar surface area (TPSA) is 38.7 Å². The van der Waals surface area contributed by atoms with E-state index in [1.165, 1.54) is 0 Å². The molecule has 1 N–H and O–H groups in total. The molecule has 0 bridgehead atoms. The van der Waals surface area contributed by atoms with Crippen molar-refractivity contribution in [3.8, 4) is 5.75 Å². The molecule has 0 aliphatic rings. The van der Waals surface area contributed by atoms with Gasteiger partial charge >= 0.3 is 0 Å². The van der Waals surface area contributed by atoms with E-state index in [2.05, 4.69) is 0 Å². The summed E-state index contributed by atoms with van der Waals surface area (Å²) in [5.74, 6) is 0.646. The van der Waals surface area contributed by atoms with E-state index < -0.39 is 6.10 Å². The zero-order valence-corrected chi connectivity index (χ0v) is 10.3. The first kappa shape index (κ1) is 12.1. The Kier molecular flexibility index (Phi) is 4.14. The quantitative estimate of drug-likeness (QED) is 0.829. The Bertz CT molecular complexity index is 453. The van der Waals surface area contributed by atoms with E-state index in [0.717, 1.165) is 11.1 Å². The molecule has 0 aliphatic carbocycles. The van der Waals surface area contributed by atoms with Crippen molar-refractivity contribution in [2.75, 3.05) is 13.9 Å². The average molecular weight is 250 g/mol. The lowest BCUT2D eigenvalue weighted by Crippen LogP contribution is -2.05. The summed E-state index contributed by atoms with van der Waals surface area (Å²) in [7, 11) is 1.57. The fraction of sp³-hybridized carbons (Fsp3) is 0.231. The number of aliphatic hydroxyl groups is 1. The highest BCUT2D eigenvalue weighted by atomic mass is 32.1. The van der Waals surface area contributed by atoms with Gasteiger partial charge in [-0.15, -0.1) is 0 Å². The van der Waals surface area contributed by atoms with Gasteiger partial charge in [-0.05, 0) is 28.5 Å². The molecule has 0 spiro atoms. The second-order valence-corrected chi connectivity index (χ2v) is 4.33. The number of methoxy groups -OCH3 is 1. The predicted molar refractivity (Wildman–Crippen MR) is 67.3 cm³/mol. The van der Waals surface area contributed by atoms with Crippen molar-refractivity contribution in [1.29, 1.82) is 0 Å². The molecule has 17 heavy (non-hydrogen) atoms. The van der Waals surface area contributed by atoms with Crippen LogP contribution in [-0.2, 0) is 4.74 Å². The number of para-hydroxylation sites is 1. The van der Waals surface area contributed by atoms with Crippen LogP contribution < -0.4 is 4.74 Å². The highest BCUT2D eigenvalue weighted by molar-refractivity contribution is 7.07. The molecule has 1 atom stereocenters. The molecule has 0 saturated carbocycles. The number of aliphatic hydroxyl groups excluding tert-OH is 1. The Morgan fingerprint density at radius 2 is 2.12 bits per heavy atom. The van der Waals surface area contributed by atoms with Gasteiger partial charge in [0.2, 0.25) is 0 Å². The summed E-state index contributed by atoms with van der Waals surface area (Å²) in [5.41, 5.74) is 1.63. The molecule has 0 radical (unpaired) electrons. The minimum Gasteiger partial charge on any atom is -0.467 e. The summed E-state index contributed by atoms with van der Waals surface area (Å²) in [6.45, 7) is 0.174. The number of hydrogen-bond acceptors (Lipinski definition) is 4. The Morgan fingerprint density at radius 1 is 1.29 bits per heavy atom. The second kappa shape index (κ2) is 5.82. The highest BCUT2D eigenvalue weighted by Crippen LogP contribution is 2.30. The van der Waals surface area contributed by atoms with Crippen molar-refractivity contribution >= 4 is 11.3 Å². The van der Waals surface area contributed by atoms with E-state index in [0.29, 0.717) is 5.75 Å². The van der Waals surface area contributed by atoms with E-state index >= 15 is 0 Å². The minimum absolute atomic E-state index is 0.174. The van der Waals surface area contributed by atoms with Gasteiger partial charge in [0.25, 0.3) is 0 Å². The van der Waals surface area contributed by atoms with Gasteiger partial charge in [0.1, 0.15) is 11.9 Å². The predicted octanol–water partition coefficient (Wildman–Crippen LogP) is 2.81. The maximum Gasteiger partial charge on any atom is 0.188 e. The van der Waals surface area contributed by atoms with Crippen LogP contribution in [0.5, 0.6) is 5.75 Å². The molecule has 0 aliphatic heterocycles. The summed E-state index contributed by atoms with van der Waals surface area (Å²) in [6, 6.07) is 9.33. The minimum atomic E-state index is -0.658. The molecule has 0 saturated heterocycles. The number of benzene rings is 1. The van der Waals surface area contributed by atoms with Crippen LogP contribution in [0, 0.1) is 0 Å². The SMILES string of the molecule is COCOc1ccccc1C(O)c1ccsc1. The van der Waals surface area contributed by atoms with Crippen molar-refractivity contribution in [2.45, 2.75) is 6.10 Å². The van der Waals surface area contributed by atoms with Crippen molar-refractivity contribution in [3.05, 3.63) is 52.2 Å². The van der Waals surface area contributed by atoms with Crippen LogP contribution in [0.25, 0.3) is 0 Å². The van der Waals surface area contributed by atoms with Crippen molar-refractivity contribution in [3.63, 3.8) is 0 Å². The summed E-state index contributed by atoms with van der Waals surface area (Å²) in [5, 5.41) is 14.1. The monoisotopic (exact) mass is 250 g/mol. The lowest BCUT2D eigenvalue weighted by atomic mass is 10.0. The maximum atomic E-state index is 10.2. The number of thiophene rings is 1. The number of rotatable bonds is 5. The fourth-order valence-electron chi connectivity index (χ4n) is 1.57. The maximum absolute atomic E-state index is 10.2. The smallest absolute Gasteiger partial charge is 0.188 e. The van der Waals surface area contributed by atoms with Gasteiger partial charge in [0.15, 0.2) is 6.79 Å². The lowest BCUT2D eigenvalue weighted by molar-refractivity contribution is 0.0488. The molecule has 2 aromatic rings. The molecule has 2 rings (SSSR count). The Hall–Kier alpha value is -1.36. The first-order valence-electron chi connectivity index (χ1n) is 5.23. The van der Waals surface area contributed by atoms with Gasteiger partial charge < -0.3 is 14.6 Å². The van der Waals surface area contributed by atoms with Crippen LogP contribution in [0.2, 0.25) is 0 Å². The van der Waals surface area contributed by atoms with E-state index in [9.17, 15) is 5.11 Å². The van der Waals surface area contributed by atoms with Crippen molar-refractivity contribution < 1.29 is 14.6 Å². The van der Waals surface area contributed by atoms with Gasteiger partial charge in [-0.1, -0.05) is 18.2 Å². The molecule has 0 amide bonds. The van der Waals surface area contributed by atoms with Crippen LogP contribution >= 0.6 is 11.3 Å². The third kappa shape index (κ3) is 2.85. The first-order valence-corrected chi connectivity index (χ1v) is 6.18. The van der Waals surface area contributed by atoms with Crippen LogP contribution in [0.4, 0.5) is 0 Å². The van der Waals surface area contributed by atoms with Gasteiger partial charge in [-0.2, -0.15) is 11.3 Å². The number of ether oxygens (including phenoxy) is 2. The number of hydrogen-bond donors (Lipinski definition) is 1. The normalized spacial score (nSPS) is 12.4. The molecular formula is C13H14O3S. The molecule has 90 valence electrons. The summed E-state index contributed by atoms with van der Waals surface area (Å²) in [4.78, 5) is 0. The zero-order chi connectivity index (χ0) is 12.1. The lowest BCUT2D eigenvalue weighted by Gasteiger charge is -2.14. The molecule has 1 heterocycles. The molecule has 1 aromatic heterocycles. The van der Waals surface area contributed by atoms with Crippen molar-refractivity contribution in [1.82, 2.24) is 0 Å². The highest BCUT2D eigenvalue weighted by Gasteiger charge is 2.15. The Labute approximate surface area is 104 Å². The fourth-order valence-corrected chi connectivity index (χ4v) is 2.25. The molecule has 3 nitrogen and oxygen atoms in total. The molecule has 0 fully saturated rings. The largest absolute Gasteiger partial charge is 0.467 e. The second-order valence-electron chi connectivity index (χ2n) is 3.55. The van der Waals surface area contributed by atoms with Crippen LogP contribution in [-0.4, -0.2) is 19.0 Å². The molecule has 1 aromatic carbocycles. The summed E-state index contributed by atoms with van der Waals surface area (Å²) in [6.07, 6.45) is -0.658. The first-order chi connectivity index (χ1) is 8.33. The van der Waals surface area contributed by atoms with Gasteiger partial charge in [-0.3, -0.25) is 0 Å². The summed E-state index contributed by atoms with van der Waals surface area (Å²) >= 11 is 1.56. The zero-order valence-electron chi connectivity index (χ0n) is 9.50. The van der Waals surface area contributed by atoms with E-state index in [1.807, 2.05) is 41.1 Å². The third-order valence-corrected chi connectivity index (χ3v) is 3.11. The molecular weight excluding hydrogens is 236 g/mol. The van der Waals surface area contributed by atoms with Crippen molar-refractivity contribution in [2.24, 2.45) is 0 Å². The van der Waals surface area contributed by atoms with Gasteiger partial charge in [0.05, 0.1) is 0 Å². The van der Waals surface area contributed by atoms with E-state index in [1.54, 1.807) is 18.4 Å². The van der Waals surface area contributed by atoms with Gasteiger partial charge in [0, 0.05) is 12.7 Å². The Balaban J connectivity index is 2.25. The van der Waals surface area contributed by atoms with Crippen LogP contribution in [0.3, 0.4) is 0 Å². The molecule has 4 heteroatoms. The van der Waals surface area contributed by atoms with E-state index in [4.69, 9.17) is 9.47 Å². The molecule has 1 unspecified atom stereocenters. The summed E-state index contributed by atoms with van der Waals surface area (Å²) < 4.78 is 10.3. The van der Waals surface area contributed by atoms with Crippen LogP contribution in [0.1, 0.15) is 17.2 Å². The average Bonchev–Trinajstić information content (AvgIpc) is 2.89. The third-order valence-electron chi connectivity index (χ3n) is 2.40. The van der Waals surface area contributed by atoms with Gasteiger partial charge in [-0.25, -0.2) is 0 Å². The Morgan fingerprint density at radius 3 is 2.82 bits per heavy atom. The van der Waals surface area contributed by atoms with E-state index in [-0.39, 0.29) is 6.79 Å². The standard InChI is InChI=1S/C13H14O3S/c1-15-9-16-12-5-3-2-4-11(12)13(14)10-6-7-17-8-10/h2-8,13-14H,9H2,1H3.